The number of carbonyl (C=O) groups excluding carboxylic acids is 1. The van der Waals surface area contributed by atoms with Gasteiger partial charge in [-0.1, -0.05) is 19.9 Å². The summed E-state index contributed by atoms with van der Waals surface area (Å²) < 4.78 is 26.0. The fraction of sp³-hybridized carbons (Fsp3) is 0.364. The molecule has 0 saturated carbocycles. The van der Waals surface area contributed by atoms with Gasteiger partial charge in [-0.3, -0.25) is 4.79 Å². The summed E-state index contributed by atoms with van der Waals surface area (Å²) in [5.41, 5.74) is -0.406. The van der Waals surface area contributed by atoms with E-state index in [-0.39, 0.29) is 5.92 Å². The van der Waals surface area contributed by atoms with E-state index in [2.05, 4.69) is 0 Å². The van der Waals surface area contributed by atoms with Gasteiger partial charge in [-0.15, -0.1) is 0 Å². The maximum Gasteiger partial charge on any atom is 0.194 e. The largest absolute Gasteiger partial charge is 0.385 e. The van der Waals surface area contributed by atoms with E-state index in [9.17, 15) is 18.7 Å². The maximum absolute atomic E-state index is 13.2. The van der Waals surface area contributed by atoms with Gasteiger partial charge in [0.15, 0.2) is 17.4 Å². The number of aliphatic hydroxyl groups excluding tert-OH is 1. The number of Topliss-reactive ketones (excluding diaryl/α,β-unsaturated/α-hetero) is 1. The van der Waals surface area contributed by atoms with Crippen LogP contribution < -0.4 is 0 Å². The summed E-state index contributed by atoms with van der Waals surface area (Å²) in [5, 5.41) is 9.43. The summed E-state index contributed by atoms with van der Waals surface area (Å²) >= 11 is 0. The fourth-order valence-corrected chi connectivity index (χ4v) is 1.16. The van der Waals surface area contributed by atoms with Crippen molar-refractivity contribution in [1.82, 2.24) is 0 Å². The fourth-order valence-electron chi connectivity index (χ4n) is 1.16. The van der Waals surface area contributed by atoms with Gasteiger partial charge in [0.05, 0.1) is 5.56 Å². The van der Waals surface area contributed by atoms with Gasteiger partial charge >= 0.3 is 0 Å². The Kier molecular flexibility index (Phi) is 3.52. The van der Waals surface area contributed by atoms with Crippen molar-refractivity contribution in [2.45, 2.75) is 20.0 Å². The minimum atomic E-state index is -1.30. The Morgan fingerprint density at radius 1 is 1.33 bits per heavy atom. The predicted octanol–water partition coefficient (Wildman–Crippen LogP) is 2.16. The molecular formula is C11H12F2O2. The molecule has 1 unspecified atom stereocenters. The second-order valence-corrected chi connectivity index (χ2v) is 3.65. The number of rotatable bonds is 3. The Hall–Kier alpha value is -1.29. The van der Waals surface area contributed by atoms with Crippen LogP contribution >= 0.6 is 0 Å². The molecule has 82 valence electrons. The maximum atomic E-state index is 13.2. The van der Waals surface area contributed by atoms with Crippen molar-refractivity contribution < 1.29 is 18.7 Å². The molecule has 0 aliphatic carbocycles. The number of halogens is 2. The van der Waals surface area contributed by atoms with Gasteiger partial charge in [-0.25, -0.2) is 8.78 Å². The Morgan fingerprint density at radius 2 is 1.93 bits per heavy atom. The zero-order chi connectivity index (χ0) is 11.6. The number of hydrogen-bond donors (Lipinski definition) is 1. The molecule has 1 aromatic carbocycles. The number of benzene rings is 1. The predicted molar refractivity (Wildman–Crippen MR) is 51.5 cm³/mol. The molecule has 0 fully saturated rings. The molecule has 0 aliphatic rings. The molecule has 0 amide bonds. The van der Waals surface area contributed by atoms with Crippen LogP contribution in [0, 0.1) is 17.6 Å². The molecule has 1 rings (SSSR count). The number of aliphatic hydroxyl groups is 1. The van der Waals surface area contributed by atoms with Crippen LogP contribution in [0.3, 0.4) is 0 Å². The van der Waals surface area contributed by atoms with Crippen molar-refractivity contribution in [3.63, 3.8) is 0 Å². The van der Waals surface area contributed by atoms with Crippen molar-refractivity contribution in [1.29, 1.82) is 0 Å². The van der Waals surface area contributed by atoms with E-state index in [0.29, 0.717) is 0 Å². The summed E-state index contributed by atoms with van der Waals surface area (Å²) in [5.74, 6) is -3.42. The molecule has 0 aromatic heterocycles. The van der Waals surface area contributed by atoms with E-state index in [1.165, 1.54) is 6.07 Å². The lowest BCUT2D eigenvalue weighted by atomic mass is 9.97. The average Bonchev–Trinajstić information content (AvgIpc) is 2.20. The highest BCUT2D eigenvalue weighted by atomic mass is 19.2. The second-order valence-electron chi connectivity index (χ2n) is 3.65. The Bertz CT molecular complexity index is 375. The van der Waals surface area contributed by atoms with Gasteiger partial charge in [0, 0.05) is 0 Å². The average molecular weight is 214 g/mol. The molecule has 1 aromatic rings. The standard InChI is InChI=1S/C11H12F2O2/c1-6(2)10(14)11(15)7-4-3-5-8(12)9(7)13/h3-6,10,14H,1-2H3. The summed E-state index contributed by atoms with van der Waals surface area (Å²) in [4.78, 5) is 11.5. The van der Waals surface area contributed by atoms with E-state index in [1.54, 1.807) is 13.8 Å². The molecule has 1 atom stereocenters. The van der Waals surface area contributed by atoms with Crippen LogP contribution in [0.2, 0.25) is 0 Å². The molecular weight excluding hydrogens is 202 g/mol. The zero-order valence-electron chi connectivity index (χ0n) is 8.50. The number of hydrogen-bond acceptors (Lipinski definition) is 2. The normalized spacial score (nSPS) is 12.9. The van der Waals surface area contributed by atoms with Crippen LogP contribution in [0.25, 0.3) is 0 Å². The zero-order valence-corrected chi connectivity index (χ0v) is 8.50. The first-order valence-electron chi connectivity index (χ1n) is 4.61. The molecule has 0 radical (unpaired) electrons. The minimum Gasteiger partial charge on any atom is -0.385 e. The summed E-state index contributed by atoms with van der Waals surface area (Å²) in [6.07, 6.45) is -1.30. The summed E-state index contributed by atoms with van der Waals surface area (Å²) in [6.45, 7) is 3.25. The first kappa shape index (κ1) is 11.8. The molecule has 0 saturated heterocycles. The van der Waals surface area contributed by atoms with E-state index < -0.39 is 29.1 Å². The third-order valence-corrected chi connectivity index (χ3v) is 2.12. The lowest BCUT2D eigenvalue weighted by Crippen LogP contribution is -2.27. The summed E-state index contributed by atoms with van der Waals surface area (Å²) in [7, 11) is 0. The molecule has 0 heterocycles. The Labute approximate surface area is 86.5 Å². The van der Waals surface area contributed by atoms with Crippen molar-refractivity contribution in [3.05, 3.63) is 35.4 Å². The highest BCUT2D eigenvalue weighted by Gasteiger charge is 2.24. The number of ketones is 1. The van der Waals surface area contributed by atoms with E-state index in [0.717, 1.165) is 12.1 Å². The third-order valence-electron chi connectivity index (χ3n) is 2.12. The van der Waals surface area contributed by atoms with Crippen molar-refractivity contribution in [3.8, 4) is 0 Å². The first-order valence-corrected chi connectivity index (χ1v) is 4.61. The van der Waals surface area contributed by atoms with Gasteiger partial charge in [0.25, 0.3) is 0 Å². The van der Waals surface area contributed by atoms with Gasteiger partial charge in [-0.05, 0) is 18.1 Å². The molecule has 1 N–H and O–H groups in total. The van der Waals surface area contributed by atoms with Gasteiger partial charge in [0.2, 0.25) is 0 Å². The molecule has 4 heteroatoms. The van der Waals surface area contributed by atoms with E-state index in [1.807, 2.05) is 0 Å². The van der Waals surface area contributed by atoms with Gasteiger partial charge < -0.3 is 5.11 Å². The minimum absolute atomic E-state index is 0.333. The van der Waals surface area contributed by atoms with Crippen LogP contribution in [-0.2, 0) is 0 Å². The second kappa shape index (κ2) is 4.49. The Morgan fingerprint density at radius 3 is 2.47 bits per heavy atom. The first-order chi connectivity index (χ1) is 6.95. The third kappa shape index (κ3) is 2.39. The van der Waals surface area contributed by atoms with Crippen molar-refractivity contribution in [2.24, 2.45) is 5.92 Å². The highest BCUT2D eigenvalue weighted by molar-refractivity contribution is 5.99. The molecule has 15 heavy (non-hydrogen) atoms. The lowest BCUT2D eigenvalue weighted by Gasteiger charge is -2.13. The monoisotopic (exact) mass is 214 g/mol. The molecule has 0 spiro atoms. The van der Waals surface area contributed by atoms with Crippen molar-refractivity contribution >= 4 is 5.78 Å². The lowest BCUT2D eigenvalue weighted by molar-refractivity contribution is 0.0642. The van der Waals surface area contributed by atoms with E-state index in [4.69, 9.17) is 0 Å². The van der Waals surface area contributed by atoms with Crippen LogP contribution in [0.1, 0.15) is 24.2 Å². The van der Waals surface area contributed by atoms with Crippen LogP contribution in [-0.4, -0.2) is 17.0 Å². The molecule has 0 bridgehead atoms. The van der Waals surface area contributed by atoms with E-state index >= 15 is 0 Å². The van der Waals surface area contributed by atoms with Crippen LogP contribution in [0.4, 0.5) is 8.78 Å². The Balaban J connectivity index is 3.07. The van der Waals surface area contributed by atoms with Crippen LogP contribution in [0.5, 0.6) is 0 Å². The van der Waals surface area contributed by atoms with Gasteiger partial charge in [0.1, 0.15) is 6.10 Å². The van der Waals surface area contributed by atoms with Gasteiger partial charge in [-0.2, -0.15) is 0 Å². The topological polar surface area (TPSA) is 37.3 Å². The number of carbonyl (C=O) groups is 1. The molecule has 2 nitrogen and oxygen atoms in total. The van der Waals surface area contributed by atoms with Crippen LogP contribution in [0.15, 0.2) is 18.2 Å². The highest BCUT2D eigenvalue weighted by Crippen LogP contribution is 2.16. The quantitative estimate of drug-likeness (QED) is 0.783. The molecule has 0 aliphatic heterocycles. The SMILES string of the molecule is CC(C)C(O)C(=O)c1cccc(F)c1F. The van der Waals surface area contributed by atoms with Crippen molar-refractivity contribution in [2.75, 3.05) is 0 Å². The smallest absolute Gasteiger partial charge is 0.194 e. The summed E-state index contributed by atoms with van der Waals surface area (Å²) in [6, 6.07) is 3.32.